The van der Waals surface area contributed by atoms with E-state index in [1.807, 2.05) is 61.5 Å². The molecule has 1 heterocycles. The van der Waals surface area contributed by atoms with Crippen molar-refractivity contribution in [3.8, 4) is 5.75 Å². The van der Waals surface area contributed by atoms with Crippen LogP contribution < -0.4 is 4.74 Å². The van der Waals surface area contributed by atoms with Crippen molar-refractivity contribution in [2.24, 2.45) is 0 Å². The minimum Gasteiger partial charge on any atom is -0.473 e. The molecule has 2 aromatic carbocycles. The van der Waals surface area contributed by atoms with Crippen LogP contribution in [0.1, 0.15) is 25.0 Å². The smallest absolute Gasteiger partial charge is 0.352 e. The van der Waals surface area contributed by atoms with Crippen molar-refractivity contribution in [2.45, 2.75) is 20.0 Å². The topological polar surface area (TPSA) is 35.5 Å². The highest BCUT2D eigenvalue weighted by Gasteiger charge is 2.33. The maximum atomic E-state index is 12.4. The monoisotopic (exact) mass is 294 g/mol. The van der Waals surface area contributed by atoms with E-state index in [9.17, 15) is 4.79 Å². The molecule has 0 N–H and O–H groups in total. The molecule has 0 saturated carbocycles. The highest BCUT2D eigenvalue weighted by atomic mass is 16.6. The highest BCUT2D eigenvalue weighted by Crippen LogP contribution is 2.40. The molecule has 22 heavy (non-hydrogen) atoms. The van der Waals surface area contributed by atoms with Crippen molar-refractivity contribution in [3.05, 3.63) is 65.7 Å². The van der Waals surface area contributed by atoms with Crippen molar-refractivity contribution in [2.75, 3.05) is 6.61 Å². The number of rotatable bonds is 3. The lowest BCUT2D eigenvalue weighted by atomic mass is 9.89. The molecule has 0 amide bonds. The van der Waals surface area contributed by atoms with E-state index in [-0.39, 0.29) is 5.97 Å². The molecular weight excluding hydrogens is 276 g/mol. The second-order valence-electron chi connectivity index (χ2n) is 5.15. The molecule has 1 aliphatic heterocycles. The van der Waals surface area contributed by atoms with Gasteiger partial charge in [-0.15, -0.1) is 0 Å². The van der Waals surface area contributed by atoms with Crippen molar-refractivity contribution in [1.29, 1.82) is 0 Å². The van der Waals surface area contributed by atoms with Gasteiger partial charge in [-0.3, -0.25) is 0 Å². The van der Waals surface area contributed by atoms with E-state index in [1.165, 1.54) is 0 Å². The molecule has 3 rings (SSSR count). The zero-order valence-electron chi connectivity index (χ0n) is 12.7. The van der Waals surface area contributed by atoms with Gasteiger partial charge in [0.1, 0.15) is 5.75 Å². The summed E-state index contributed by atoms with van der Waals surface area (Å²) in [6.07, 6.45) is -0.725. The summed E-state index contributed by atoms with van der Waals surface area (Å²) in [7, 11) is 0. The number of esters is 1. The second kappa shape index (κ2) is 6.06. The predicted octanol–water partition coefficient (Wildman–Crippen LogP) is 3.94. The first kappa shape index (κ1) is 14.4. The fraction of sp³-hybridized carbons (Fsp3) is 0.211. The summed E-state index contributed by atoms with van der Waals surface area (Å²) in [5, 5.41) is 0. The lowest BCUT2D eigenvalue weighted by molar-refractivity contribution is -0.148. The number of hydrogen-bond donors (Lipinski definition) is 0. The van der Waals surface area contributed by atoms with Crippen LogP contribution in [-0.4, -0.2) is 18.7 Å². The molecule has 0 fully saturated rings. The van der Waals surface area contributed by atoms with Gasteiger partial charge >= 0.3 is 5.97 Å². The number of ether oxygens (including phenoxy) is 2. The van der Waals surface area contributed by atoms with Gasteiger partial charge in [0.05, 0.1) is 6.61 Å². The molecule has 0 bridgehead atoms. The van der Waals surface area contributed by atoms with Crippen molar-refractivity contribution in [1.82, 2.24) is 0 Å². The Morgan fingerprint density at radius 3 is 2.50 bits per heavy atom. The van der Waals surface area contributed by atoms with E-state index < -0.39 is 6.10 Å². The lowest BCUT2D eigenvalue weighted by Gasteiger charge is -2.29. The zero-order chi connectivity index (χ0) is 15.5. The predicted molar refractivity (Wildman–Crippen MR) is 86.4 cm³/mol. The SMILES string of the molecule is CCOC(=O)C1Oc2ccccc2C(C)=C1c1ccccc1. The van der Waals surface area contributed by atoms with E-state index in [2.05, 4.69) is 0 Å². The molecule has 3 nitrogen and oxygen atoms in total. The molecule has 0 aromatic heterocycles. The van der Waals surface area contributed by atoms with E-state index >= 15 is 0 Å². The zero-order valence-corrected chi connectivity index (χ0v) is 12.7. The van der Waals surface area contributed by atoms with Crippen LogP contribution in [-0.2, 0) is 9.53 Å². The first-order valence-corrected chi connectivity index (χ1v) is 7.41. The van der Waals surface area contributed by atoms with Crippen LogP contribution in [0, 0.1) is 0 Å². The van der Waals surface area contributed by atoms with E-state index in [0.29, 0.717) is 6.61 Å². The number of carbonyl (C=O) groups is 1. The first-order valence-electron chi connectivity index (χ1n) is 7.41. The van der Waals surface area contributed by atoms with Gasteiger partial charge < -0.3 is 9.47 Å². The summed E-state index contributed by atoms with van der Waals surface area (Å²) in [6.45, 7) is 4.16. The Labute approximate surface area is 130 Å². The number of hydrogen-bond acceptors (Lipinski definition) is 3. The Kier molecular flexibility index (Phi) is 3.96. The van der Waals surface area contributed by atoms with Gasteiger partial charge in [0.2, 0.25) is 6.10 Å². The lowest BCUT2D eigenvalue weighted by Crippen LogP contribution is -2.33. The van der Waals surface area contributed by atoms with E-state index in [4.69, 9.17) is 9.47 Å². The van der Waals surface area contributed by atoms with Gasteiger partial charge in [-0.2, -0.15) is 0 Å². The van der Waals surface area contributed by atoms with Gasteiger partial charge in [0.25, 0.3) is 0 Å². The molecular formula is C19H18O3. The Morgan fingerprint density at radius 1 is 1.09 bits per heavy atom. The van der Waals surface area contributed by atoms with Gasteiger partial charge in [-0.25, -0.2) is 4.79 Å². The average Bonchev–Trinajstić information content (AvgIpc) is 2.56. The second-order valence-corrected chi connectivity index (χ2v) is 5.15. The third-order valence-corrected chi connectivity index (χ3v) is 3.79. The Morgan fingerprint density at radius 2 is 1.77 bits per heavy atom. The highest BCUT2D eigenvalue weighted by molar-refractivity contribution is 6.04. The number of carbonyl (C=O) groups excluding carboxylic acids is 1. The molecule has 1 atom stereocenters. The minimum absolute atomic E-state index is 0.335. The van der Waals surface area contributed by atoms with E-state index in [0.717, 1.165) is 28.0 Å². The maximum absolute atomic E-state index is 12.4. The fourth-order valence-electron chi connectivity index (χ4n) is 2.78. The summed E-state index contributed by atoms with van der Waals surface area (Å²) in [5.41, 5.74) is 3.92. The van der Waals surface area contributed by atoms with Gasteiger partial charge in [0, 0.05) is 11.1 Å². The van der Waals surface area contributed by atoms with Crippen molar-refractivity contribution >= 4 is 17.1 Å². The Hall–Kier alpha value is -2.55. The largest absolute Gasteiger partial charge is 0.473 e. The number of fused-ring (bicyclic) bond motifs is 1. The molecule has 112 valence electrons. The summed E-state index contributed by atoms with van der Waals surface area (Å²) in [5.74, 6) is 0.368. The van der Waals surface area contributed by atoms with Gasteiger partial charge in [-0.05, 0) is 31.1 Å². The molecule has 1 aliphatic rings. The van der Waals surface area contributed by atoms with E-state index in [1.54, 1.807) is 6.92 Å². The van der Waals surface area contributed by atoms with Crippen LogP contribution in [0.25, 0.3) is 11.1 Å². The van der Waals surface area contributed by atoms with Crippen molar-refractivity contribution < 1.29 is 14.3 Å². The van der Waals surface area contributed by atoms with Gasteiger partial charge in [-0.1, -0.05) is 48.5 Å². The molecule has 1 unspecified atom stereocenters. The molecule has 0 radical (unpaired) electrons. The summed E-state index contributed by atoms with van der Waals surface area (Å²) >= 11 is 0. The third kappa shape index (κ3) is 2.50. The quantitative estimate of drug-likeness (QED) is 0.804. The molecule has 0 spiro atoms. The van der Waals surface area contributed by atoms with Gasteiger partial charge in [0.15, 0.2) is 0 Å². The minimum atomic E-state index is -0.725. The van der Waals surface area contributed by atoms with Crippen LogP contribution in [0.3, 0.4) is 0 Å². The summed E-state index contributed by atoms with van der Waals surface area (Å²) < 4.78 is 11.1. The first-order chi connectivity index (χ1) is 10.7. The van der Waals surface area contributed by atoms with Crippen LogP contribution in [0.4, 0.5) is 0 Å². The van der Waals surface area contributed by atoms with Crippen LogP contribution in [0.15, 0.2) is 54.6 Å². The standard InChI is InChI=1S/C19H18O3/c1-3-21-19(20)18-17(14-9-5-4-6-10-14)13(2)15-11-7-8-12-16(15)22-18/h4-12,18H,3H2,1-2H3. The van der Waals surface area contributed by atoms with Crippen LogP contribution >= 0.6 is 0 Å². The average molecular weight is 294 g/mol. The number of allylic oxidation sites excluding steroid dienone is 1. The Balaban J connectivity index is 2.16. The fourth-order valence-corrected chi connectivity index (χ4v) is 2.78. The van der Waals surface area contributed by atoms with Crippen LogP contribution in [0.5, 0.6) is 5.75 Å². The third-order valence-electron chi connectivity index (χ3n) is 3.79. The summed E-state index contributed by atoms with van der Waals surface area (Å²) in [6, 6.07) is 17.6. The maximum Gasteiger partial charge on any atom is 0.352 e. The molecule has 0 aliphatic carbocycles. The normalized spacial score (nSPS) is 16.7. The molecule has 0 saturated heterocycles. The number of para-hydroxylation sites is 1. The molecule has 3 heteroatoms. The van der Waals surface area contributed by atoms with Crippen LogP contribution in [0.2, 0.25) is 0 Å². The Bertz CT molecular complexity index is 716. The summed E-state index contributed by atoms with van der Waals surface area (Å²) in [4.78, 5) is 12.4. The molecule has 2 aromatic rings. The van der Waals surface area contributed by atoms with Crippen molar-refractivity contribution in [3.63, 3.8) is 0 Å². The number of benzene rings is 2.